The molecule has 0 aliphatic carbocycles. The lowest BCUT2D eigenvalue weighted by molar-refractivity contribution is -0.784. The Morgan fingerprint density at radius 3 is 3.00 bits per heavy atom. The molecular formula is C11H11N4+. The Kier molecular flexibility index (Phi) is 1.69. The van der Waals surface area contributed by atoms with Crippen LogP contribution in [0.3, 0.4) is 0 Å². The number of aromatic nitrogens is 2. The molecule has 1 aromatic carbocycles. The summed E-state index contributed by atoms with van der Waals surface area (Å²) in [5, 5.41) is 5.11. The van der Waals surface area contributed by atoms with Crippen molar-refractivity contribution in [2.75, 3.05) is 0 Å². The van der Waals surface area contributed by atoms with E-state index in [1.165, 1.54) is 5.56 Å². The monoisotopic (exact) mass is 199 g/mol. The number of benzene rings is 1. The van der Waals surface area contributed by atoms with Gasteiger partial charge < -0.3 is 0 Å². The van der Waals surface area contributed by atoms with E-state index in [4.69, 9.17) is 0 Å². The molecule has 4 heteroatoms. The molecule has 0 fully saturated rings. The van der Waals surface area contributed by atoms with Crippen LogP contribution < -0.4 is 5.01 Å². The van der Waals surface area contributed by atoms with E-state index in [1.807, 2.05) is 24.4 Å². The third kappa shape index (κ3) is 1.27. The summed E-state index contributed by atoms with van der Waals surface area (Å²) in [7, 11) is 0. The van der Waals surface area contributed by atoms with Crippen molar-refractivity contribution >= 4 is 23.2 Å². The van der Waals surface area contributed by atoms with Crippen LogP contribution in [0.2, 0.25) is 0 Å². The Morgan fingerprint density at radius 2 is 2.27 bits per heavy atom. The molecule has 15 heavy (non-hydrogen) atoms. The average Bonchev–Trinajstić information content (AvgIpc) is 2.86. The predicted molar refractivity (Wildman–Crippen MR) is 59.1 cm³/mol. The van der Waals surface area contributed by atoms with Gasteiger partial charge in [-0.15, -0.1) is 5.01 Å². The van der Waals surface area contributed by atoms with Crippen LogP contribution in [0.15, 0.2) is 35.6 Å². The Bertz CT molecular complexity index is 553. The van der Waals surface area contributed by atoms with Crippen molar-refractivity contribution in [3.8, 4) is 0 Å². The van der Waals surface area contributed by atoms with Crippen LogP contribution in [0.4, 0.5) is 5.95 Å². The number of hydrogen-bond acceptors (Lipinski definition) is 2. The van der Waals surface area contributed by atoms with Crippen LogP contribution in [0, 0.1) is 6.92 Å². The normalized spacial score (nSPS) is 19.1. The van der Waals surface area contributed by atoms with Crippen molar-refractivity contribution in [2.24, 2.45) is 5.10 Å². The molecule has 0 saturated carbocycles. The molecule has 1 unspecified atom stereocenters. The number of aryl methyl sites for hydroxylation is 1. The number of allylic oxidation sites excluding steroid dienone is 1. The first kappa shape index (κ1) is 8.38. The molecule has 0 spiro atoms. The van der Waals surface area contributed by atoms with Gasteiger partial charge in [0.25, 0.3) is 0 Å². The second-order valence-corrected chi connectivity index (χ2v) is 3.58. The van der Waals surface area contributed by atoms with E-state index < -0.39 is 0 Å². The summed E-state index contributed by atoms with van der Waals surface area (Å²) in [5.41, 5.74) is 3.27. The number of imidazole rings is 1. The summed E-state index contributed by atoms with van der Waals surface area (Å²) < 4.78 is 0. The topological polar surface area (TPSA) is 45.5 Å². The number of rotatable bonds is 1. The van der Waals surface area contributed by atoms with Crippen molar-refractivity contribution in [3.05, 3.63) is 36.0 Å². The Labute approximate surface area is 86.9 Å². The second kappa shape index (κ2) is 3.03. The third-order valence-corrected chi connectivity index (χ3v) is 2.51. The van der Waals surface area contributed by atoms with Crippen LogP contribution in [0.1, 0.15) is 5.56 Å². The van der Waals surface area contributed by atoms with Gasteiger partial charge in [0.15, 0.2) is 0 Å². The fourth-order valence-corrected chi connectivity index (χ4v) is 1.74. The Morgan fingerprint density at radius 1 is 1.33 bits per heavy atom. The second-order valence-electron chi connectivity index (χ2n) is 3.58. The number of fused-ring (bicyclic) bond motifs is 1. The van der Waals surface area contributed by atoms with Gasteiger partial charge >= 0.3 is 5.95 Å². The zero-order chi connectivity index (χ0) is 10.3. The minimum absolute atomic E-state index is 0.837. The minimum atomic E-state index is 0.837. The molecule has 0 amide bonds. The van der Waals surface area contributed by atoms with E-state index in [-0.39, 0.29) is 0 Å². The van der Waals surface area contributed by atoms with E-state index in [0.29, 0.717) is 0 Å². The number of quaternary nitrogens is 1. The SMILES string of the molecule is Cc1cccc2[nH]c([NH+]3C=CC=N3)nc12. The fraction of sp³-hybridized carbons (Fsp3) is 0.0909. The predicted octanol–water partition coefficient (Wildman–Crippen LogP) is 0.901. The van der Waals surface area contributed by atoms with E-state index in [2.05, 4.69) is 28.1 Å². The first-order valence-electron chi connectivity index (χ1n) is 4.88. The van der Waals surface area contributed by atoms with Crippen molar-refractivity contribution in [1.29, 1.82) is 0 Å². The molecule has 0 bridgehead atoms. The standard InChI is InChI=1S/C11H10N4/c1-8-4-2-5-9-10(8)14-11(13-9)15-7-3-6-12-15/h2-7H,1H3,(H,13,14)/p+1. The molecule has 2 heterocycles. The maximum Gasteiger partial charge on any atom is 0.337 e. The Hall–Kier alpha value is -1.94. The molecule has 74 valence electrons. The average molecular weight is 199 g/mol. The number of nitrogens with zero attached hydrogens (tertiary/aromatic N) is 2. The van der Waals surface area contributed by atoms with Crippen molar-refractivity contribution in [3.63, 3.8) is 0 Å². The highest BCUT2D eigenvalue weighted by atomic mass is 15.5. The molecule has 3 rings (SSSR count). The molecule has 1 aliphatic heterocycles. The lowest BCUT2D eigenvalue weighted by Crippen LogP contribution is -2.96. The van der Waals surface area contributed by atoms with Crippen LogP contribution in [-0.4, -0.2) is 16.2 Å². The van der Waals surface area contributed by atoms with E-state index in [1.54, 1.807) is 6.21 Å². The molecule has 1 aliphatic rings. The number of H-pyrrole nitrogens is 1. The molecule has 2 aromatic rings. The molecule has 1 aromatic heterocycles. The van der Waals surface area contributed by atoms with Crippen molar-refractivity contribution < 1.29 is 5.01 Å². The van der Waals surface area contributed by atoms with Crippen LogP contribution in [-0.2, 0) is 0 Å². The third-order valence-electron chi connectivity index (χ3n) is 2.51. The van der Waals surface area contributed by atoms with Crippen molar-refractivity contribution in [1.82, 2.24) is 9.97 Å². The molecule has 2 N–H and O–H groups in total. The fourth-order valence-electron chi connectivity index (χ4n) is 1.74. The van der Waals surface area contributed by atoms with E-state index in [9.17, 15) is 0 Å². The van der Waals surface area contributed by atoms with Gasteiger partial charge in [-0.2, -0.15) is 4.98 Å². The first-order valence-corrected chi connectivity index (χ1v) is 4.88. The highest BCUT2D eigenvalue weighted by Crippen LogP contribution is 2.16. The zero-order valence-electron chi connectivity index (χ0n) is 8.36. The summed E-state index contributed by atoms with van der Waals surface area (Å²) >= 11 is 0. The summed E-state index contributed by atoms with van der Waals surface area (Å²) in [4.78, 5) is 7.80. The lowest BCUT2D eigenvalue weighted by atomic mass is 10.2. The number of hydrogen-bond donors (Lipinski definition) is 2. The van der Waals surface area contributed by atoms with Crippen molar-refractivity contribution in [2.45, 2.75) is 6.92 Å². The smallest absolute Gasteiger partial charge is 0.289 e. The van der Waals surface area contributed by atoms with Gasteiger partial charge in [-0.1, -0.05) is 17.2 Å². The largest absolute Gasteiger partial charge is 0.337 e. The lowest BCUT2D eigenvalue weighted by Gasteiger charge is -1.96. The van der Waals surface area contributed by atoms with Gasteiger partial charge in [-0.05, 0) is 18.6 Å². The number of aromatic amines is 1. The molecule has 0 saturated heterocycles. The summed E-state index contributed by atoms with van der Waals surface area (Å²) in [6.45, 7) is 2.06. The zero-order valence-corrected chi connectivity index (χ0v) is 8.36. The van der Waals surface area contributed by atoms with Crippen LogP contribution in [0.25, 0.3) is 11.0 Å². The summed E-state index contributed by atoms with van der Waals surface area (Å²) in [6.07, 6.45) is 5.64. The molecular weight excluding hydrogens is 188 g/mol. The molecule has 4 nitrogen and oxygen atoms in total. The first-order chi connectivity index (χ1) is 7.34. The molecule has 1 atom stereocenters. The maximum absolute atomic E-state index is 4.54. The quantitative estimate of drug-likeness (QED) is 0.704. The summed E-state index contributed by atoms with van der Waals surface area (Å²) in [6, 6.07) is 6.12. The van der Waals surface area contributed by atoms with Gasteiger partial charge in [-0.3, -0.25) is 4.98 Å². The summed E-state index contributed by atoms with van der Waals surface area (Å²) in [5.74, 6) is 0.837. The van der Waals surface area contributed by atoms with Crippen LogP contribution >= 0.6 is 0 Å². The van der Waals surface area contributed by atoms with E-state index >= 15 is 0 Å². The highest BCUT2D eigenvalue weighted by molar-refractivity contribution is 5.79. The maximum atomic E-state index is 4.54. The Balaban J connectivity index is 2.18. The van der Waals surface area contributed by atoms with Gasteiger partial charge in [-0.25, -0.2) is 0 Å². The van der Waals surface area contributed by atoms with Gasteiger partial charge in [0.1, 0.15) is 6.20 Å². The van der Waals surface area contributed by atoms with Gasteiger partial charge in [0.2, 0.25) is 0 Å². The van der Waals surface area contributed by atoms with Gasteiger partial charge in [0.05, 0.1) is 17.2 Å². The van der Waals surface area contributed by atoms with Crippen LogP contribution in [0.5, 0.6) is 0 Å². The highest BCUT2D eigenvalue weighted by Gasteiger charge is 2.16. The molecule has 0 radical (unpaired) electrons. The number of para-hydroxylation sites is 1. The van der Waals surface area contributed by atoms with E-state index in [0.717, 1.165) is 22.0 Å². The minimum Gasteiger partial charge on any atom is -0.289 e. The number of nitrogens with one attached hydrogen (secondary N) is 2. The van der Waals surface area contributed by atoms with Gasteiger partial charge in [0, 0.05) is 6.08 Å².